The topological polar surface area (TPSA) is 42.4 Å². The molecule has 140 valence electrons. The Hall–Kier alpha value is -2.95. The van der Waals surface area contributed by atoms with E-state index in [1.54, 1.807) is 19.2 Å². The number of rotatable bonds is 7. The van der Waals surface area contributed by atoms with E-state index in [-0.39, 0.29) is 18.2 Å². The fraction of sp³-hybridized carbons (Fsp3) is 0.273. The number of anilines is 1. The van der Waals surface area contributed by atoms with Crippen molar-refractivity contribution in [3.05, 3.63) is 71.7 Å². The molecule has 1 heterocycles. The molecule has 4 nitrogen and oxygen atoms in total. The van der Waals surface area contributed by atoms with Gasteiger partial charge in [0.05, 0.1) is 12.1 Å². The van der Waals surface area contributed by atoms with E-state index in [2.05, 4.69) is 4.98 Å². The second kappa shape index (κ2) is 8.62. The van der Waals surface area contributed by atoms with E-state index in [4.69, 9.17) is 4.74 Å². The summed E-state index contributed by atoms with van der Waals surface area (Å²) in [5, 5.41) is 1.09. The summed E-state index contributed by atoms with van der Waals surface area (Å²) in [6, 6.07) is 15.2. The zero-order chi connectivity index (χ0) is 19.2. The maximum absolute atomic E-state index is 14.4. The Morgan fingerprint density at radius 3 is 2.74 bits per heavy atom. The number of ether oxygens (including phenoxy) is 1. The number of aromatic nitrogens is 1. The number of carbonyl (C=O) groups excluding carboxylic acids is 1. The van der Waals surface area contributed by atoms with Crippen molar-refractivity contribution in [2.75, 3.05) is 18.6 Å². The summed E-state index contributed by atoms with van der Waals surface area (Å²) in [4.78, 5) is 17.9. The minimum Gasteiger partial charge on any atom is -0.466 e. The Kier molecular flexibility index (Phi) is 6.01. The van der Waals surface area contributed by atoms with Gasteiger partial charge >= 0.3 is 5.97 Å². The molecule has 2 aromatic carbocycles. The molecule has 0 fully saturated rings. The summed E-state index contributed by atoms with van der Waals surface area (Å²) in [6.07, 6.45) is 2.30. The molecule has 0 saturated carbocycles. The highest BCUT2D eigenvalue weighted by atomic mass is 19.1. The molecule has 0 aliphatic rings. The zero-order valence-electron chi connectivity index (χ0n) is 15.6. The first kappa shape index (κ1) is 18.8. The number of hydrogen-bond acceptors (Lipinski definition) is 4. The van der Waals surface area contributed by atoms with Gasteiger partial charge in [-0.3, -0.25) is 9.78 Å². The van der Waals surface area contributed by atoms with Crippen LogP contribution in [0.3, 0.4) is 0 Å². The summed E-state index contributed by atoms with van der Waals surface area (Å²) < 4.78 is 19.3. The fourth-order valence-electron chi connectivity index (χ4n) is 3.09. The first-order valence-electron chi connectivity index (χ1n) is 9.06. The van der Waals surface area contributed by atoms with E-state index in [1.165, 1.54) is 6.07 Å². The molecule has 0 atom stereocenters. The largest absolute Gasteiger partial charge is 0.466 e. The van der Waals surface area contributed by atoms with Gasteiger partial charge in [-0.2, -0.15) is 0 Å². The monoisotopic (exact) mass is 366 g/mol. The van der Waals surface area contributed by atoms with Crippen molar-refractivity contribution in [1.82, 2.24) is 4.98 Å². The lowest BCUT2D eigenvalue weighted by atomic mass is 10.1. The lowest BCUT2D eigenvalue weighted by molar-refractivity contribution is -0.143. The van der Waals surface area contributed by atoms with Crippen LogP contribution in [0.15, 0.2) is 54.7 Å². The Balaban J connectivity index is 1.72. The second-order valence-corrected chi connectivity index (χ2v) is 6.43. The van der Waals surface area contributed by atoms with Crippen LogP contribution in [0, 0.1) is 5.82 Å². The molecule has 0 spiro atoms. The summed E-state index contributed by atoms with van der Waals surface area (Å²) in [5.74, 6) is -0.610. The van der Waals surface area contributed by atoms with Crippen LogP contribution in [0.2, 0.25) is 0 Å². The van der Waals surface area contributed by atoms with Gasteiger partial charge in [-0.25, -0.2) is 4.39 Å². The van der Waals surface area contributed by atoms with Gasteiger partial charge in [0.2, 0.25) is 0 Å². The Labute approximate surface area is 158 Å². The van der Waals surface area contributed by atoms with Gasteiger partial charge < -0.3 is 9.64 Å². The minimum atomic E-state index is -0.306. The average molecular weight is 366 g/mol. The second-order valence-electron chi connectivity index (χ2n) is 6.43. The molecule has 0 aliphatic carbocycles. The molecule has 0 unspecified atom stereocenters. The van der Waals surface area contributed by atoms with E-state index in [9.17, 15) is 9.18 Å². The minimum absolute atomic E-state index is 0.182. The molecule has 3 rings (SSSR count). The predicted molar refractivity (Wildman–Crippen MR) is 105 cm³/mol. The zero-order valence-corrected chi connectivity index (χ0v) is 15.6. The average Bonchev–Trinajstić information content (AvgIpc) is 2.67. The summed E-state index contributed by atoms with van der Waals surface area (Å²) in [5.41, 5.74) is 3.34. The Morgan fingerprint density at radius 1 is 1.15 bits per heavy atom. The van der Waals surface area contributed by atoms with Gasteiger partial charge in [-0.1, -0.05) is 30.3 Å². The highest BCUT2D eigenvalue weighted by Crippen LogP contribution is 2.23. The number of fused-ring (bicyclic) bond motifs is 1. The molecule has 5 heteroatoms. The van der Waals surface area contributed by atoms with Crippen LogP contribution >= 0.6 is 0 Å². The first-order chi connectivity index (χ1) is 13.1. The van der Waals surface area contributed by atoms with E-state index in [0.717, 1.165) is 22.2 Å². The van der Waals surface area contributed by atoms with Gasteiger partial charge in [0.25, 0.3) is 0 Å². The number of halogens is 1. The molecule has 0 radical (unpaired) electrons. The number of hydrogen-bond donors (Lipinski definition) is 0. The van der Waals surface area contributed by atoms with Crippen molar-refractivity contribution in [3.8, 4) is 0 Å². The molecular weight excluding hydrogens is 343 g/mol. The standard InChI is InChI=1S/C22H23FN2O2/c1-3-27-21(26)12-10-16-9-11-19(14-20(16)23)25(2)15-18-7-4-6-17-8-5-13-24-22(17)18/h4-9,11,13-14H,3,10,12,15H2,1-2H3. The highest BCUT2D eigenvalue weighted by Gasteiger charge is 2.11. The van der Waals surface area contributed by atoms with E-state index in [1.807, 2.05) is 48.3 Å². The molecular formula is C22H23FN2O2. The van der Waals surface area contributed by atoms with Crippen molar-refractivity contribution >= 4 is 22.6 Å². The maximum atomic E-state index is 14.4. The van der Waals surface area contributed by atoms with Crippen molar-refractivity contribution in [2.45, 2.75) is 26.3 Å². The summed E-state index contributed by atoms with van der Waals surface area (Å²) >= 11 is 0. The fourth-order valence-corrected chi connectivity index (χ4v) is 3.09. The summed E-state index contributed by atoms with van der Waals surface area (Å²) in [6.45, 7) is 2.72. The smallest absolute Gasteiger partial charge is 0.306 e. The van der Waals surface area contributed by atoms with E-state index in [0.29, 0.717) is 25.1 Å². The third kappa shape index (κ3) is 4.61. The molecule has 1 aromatic heterocycles. The predicted octanol–water partition coefficient (Wildman–Crippen LogP) is 4.51. The maximum Gasteiger partial charge on any atom is 0.306 e. The van der Waals surface area contributed by atoms with E-state index >= 15 is 0 Å². The first-order valence-corrected chi connectivity index (χ1v) is 9.06. The molecule has 0 bridgehead atoms. The molecule has 0 amide bonds. The third-order valence-electron chi connectivity index (χ3n) is 4.51. The lowest BCUT2D eigenvalue weighted by Crippen LogP contribution is -2.17. The van der Waals surface area contributed by atoms with Crippen LogP contribution in [-0.4, -0.2) is 24.6 Å². The SMILES string of the molecule is CCOC(=O)CCc1ccc(N(C)Cc2cccc3cccnc23)cc1F. The molecule has 3 aromatic rings. The van der Waals surface area contributed by atoms with Gasteiger partial charge in [0.15, 0.2) is 0 Å². The van der Waals surface area contributed by atoms with Crippen LogP contribution in [0.4, 0.5) is 10.1 Å². The van der Waals surface area contributed by atoms with Crippen LogP contribution < -0.4 is 4.90 Å². The molecule has 0 aliphatic heterocycles. The highest BCUT2D eigenvalue weighted by molar-refractivity contribution is 5.81. The van der Waals surface area contributed by atoms with Crippen molar-refractivity contribution in [1.29, 1.82) is 0 Å². The van der Waals surface area contributed by atoms with Gasteiger partial charge in [0, 0.05) is 37.3 Å². The van der Waals surface area contributed by atoms with Crippen LogP contribution in [-0.2, 0) is 22.5 Å². The van der Waals surface area contributed by atoms with Crippen LogP contribution in [0.1, 0.15) is 24.5 Å². The van der Waals surface area contributed by atoms with Gasteiger partial charge in [0.1, 0.15) is 5.82 Å². The number of aryl methyl sites for hydroxylation is 1. The number of pyridine rings is 1. The molecule has 0 saturated heterocycles. The third-order valence-corrected chi connectivity index (χ3v) is 4.51. The van der Waals surface area contributed by atoms with Crippen LogP contribution in [0.25, 0.3) is 10.9 Å². The Bertz CT molecular complexity index is 937. The van der Waals surface area contributed by atoms with Gasteiger partial charge in [-0.05, 0) is 42.7 Å². The molecule has 0 N–H and O–H groups in total. The van der Waals surface area contributed by atoms with Crippen molar-refractivity contribution < 1.29 is 13.9 Å². The van der Waals surface area contributed by atoms with Crippen molar-refractivity contribution in [3.63, 3.8) is 0 Å². The molecule has 27 heavy (non-hydrogen) atoms. The lowest BCUT2D eigenvalue weighted by Gasteiger charge is -2.21. The quantitative estimate of drug-likeness (QED) is 0.577. The number of esters is 1. The Morgan fingerprint density at radius 2 is 1.96 bits per heavy atom. The number of benzene rings is 2. The normalized spacial score (nSPS) is 10.8. The number of para-hydroxylation sites is 1. The van der Waals surface area contributed by atoms with E-state index < -0.39 is 0 Å². The van der Waals surface area contributed by atoms with Crippen LogP contribution in [0.5, 0.6) is 0 Å². The van der Waals surface area contributed by atoms with Gasteiger partial charge in [-0.15, -0.1) is 0 Å². The summed E-state index contributed by atoms with van der Waals surface area (Å²) in [7, 11) is 1.93. The number of carbonyl (C=O) groups is 1. The van der Waals surface area contributed by atoms with Crippen molar-refractivity contribution in [2.24, 2.45) is 0 Å². The number of nitrogens with zero attached hydrogens (tertiary/aromatic N) is 2.